The Labute approximate surface area is 57.4 Å². The van der Waals surface area contributed by atoms with Crippen molar-refractivity contribution in [3.05, 3.63) is 0 Å². The number of rotatable bonds is 3. The molecule has 0 heterocycles. The lowest BCUT2D eigenvalue weighted by atomic mass is 10.2. The average Bonchev–Trinajstić information content (AvgIpc) is 1.86. The predicted molar refractivity (Wildman–Crippen MR) is 36.3 cm³/mol. The largest absolute Gasteiger partial charge is 0.374 e. The van der Waals surface area contributed by atoms with Crippen LogP contribution in [0.25, 0.3) is 0 Å². The van der Waals surface area contributed by atoms with Crippen LogP contribution in [0.15, 0.2) is 0 Å². The summed E-state index contributed by atoms with van der Waals surface area (Å²) in [6.07, 6.45) is 0.624. The van der Waals surface area contributed by atoms with E-state index in [0.29, 0.717) is 12.8 Å². The van der Waals surface area contributed by atoms with Crippen LogP contribution in [0.5, 0.6) is 0 Å². The highest BCUT2D eigenvalue weighted by Crippen LogP contribution is 2.16. The molecule has 4 heteroatoms. The smallest absolute Gasteiger partial charge is 0.185 e. The van der Waals surface area contributed by atoms with E-state index in [1.807, 2.05) is 0 Å². The minimum absolute atomic E-state index is 0.312. The van der Waals surface area contributed by atoms with Crippen molar-refractivity contribution in [1.29, 1.82) is 0 Å². The van der Waals surface area contributed by atoms with Gasteiger partial charge in [0.15, 0.2) is 16.0 Å². The molecule has 0 saturated heterocycles. The van der Waals surface area contributed by atoms with Gasteiger partial charge in [-0.05, 0) is 12.8 Å². The Morgan fingerprint density at radius 1 is 1.44 bits per heavy atom. The lowest BCUT2D eigenvalue weighted by molar-refractivity contribution is 0.114. The molecule has 0 bridgehead atoms. The molecule has 0 aliphatic carbocycles. The van der Waals surface area contributed by atoms with Gasteiger partial charge in [-0.15, -0.1) is 0 Å². The average molecular weight is 152 g/mol. The summed E-state index contributed by atoms with van der Waals surface area (Å²) in [6.45, 7) is 3.36. The molecule has 3 nitrogen and oxygen atoms in total. The molecule has 0 amide bonds. The molecule has 0 aromatic carbocycles. The van der Waals surface area contributed by atoms with Crippen molar-refractivity contribution in [1.82, 2.24) is 0 Å². The van der Waals surface area contributed by atoms with Crippen molar-refractivity contribution < 1.29 is 13.9 Å². The van der Waals surface area contributed by atoms with E-state index < -0.39 is 16.0 Å². The minimum atomic E-state index is -2.11. The molecule has 0 radical (unpaired) electrons. The third-order valence-corrected chi connectivity index (χ3v) is 2.66. The highest BCUT2D eigenvalue weighted by atomic mass is 32.2. The maximum atomic E-state index is 10.3. The van der Waals surface area contributed by atoms with Crippen LogP contribution in [0.3, 0.4) is 0 Å². The van der Waals surface area contributed by atoms with E-state index in [1.165, 1.54) is 0 Å². The lowest BCUT2D eigenvalue weighted by Gasteiger charge is -2.19. The van der Waals surface area contributed by atoms with E-state index in [0.717, 1.165) is 0 Å². The van der Waals surface area contributed by atoms with Gasteiger partial charge < -0.3 is 9.66 Å². The zero-order valence-electron chi connectivity index (χ0n) is 5.63. The Hall–Kier alpha value is 0.0700. The van der Waals surface area contributed by atoms with Crippen LogP contribution in [0, 0.1) is 0 Å². The number of hydrogen-bond donors (Lipinski definition) is 2. The SMILES string of the molecule is CCC(O)(CC)S(=O)O. The Morgan fingerprint density at radius 3 is 1.78 bits per heavy atom. The van der Waals surface area contributed by atoms with Crippen LogP contribution in [0.1, 0.15) is 26.7 Å². The second-order valence-corrected chi connectivity index (χ2v) is 3.16. The molecular formula is C5H12O3S. The molecule has 1 unspecified atom stereocenters. The Kier molecular flexibility index (Phi) is 3.32. The summed E-state index contributed by atoms with van der Waals surface area (Å²) in [6, 6.07) is 0. The summed E-state index contributed by atoms with van der Waals surface area (Å²) in [5.74, 6) is 0. The lowest BCUT2D eigenvalue weighted by Crippen LogP contribution is -2.31. The molecule has 2 N–H and O–H groups in total. The Balaban J connectivity index is 4.09. The molecule has 0 spiro atoms. The van der Waals surface area contributed by atoms with Gasteiger partial charge in [-0.25, -0.2) is 4.21 Å². The third kappa shape index (κ3) is 2.04. The Morgan fingerprint density at radius 2 is 1.78 bits per heavy atom. The van der Waals surface area contributed by atoms with E-state index in [-0.39, 0.29) is 0 Å². The van der Waals surface area contributed by atoms with Gasteiger partial charge in [0.05, 0.1) is 0 Å². The van der Waals surface area contributed by atoms with Crippen LogP contribution < -0.4 is 0 Å². The quantitative estimate of drug-likeness (QED) is 0.586. The number of aliphatic hydroxyl groups is 1. The molecule has 0 aromatic heterocycles. The van der Waals surface area contributed by atoms with Crippen LogP contribution in [-0.4, -0.2) is 18.8 Å². The van der Waals surface area contributed by atoms with E-state index in [9.17, 15) is 4.21 Å². The van der Waals surface area contributed by atoms with Crippen LogP contribution in [0.4, 0.5) is 0 Å². The maximum absolute atomic E-state index is 10.3. The molecule has 56 valence electrons. The van der Waals surface area contributed by atoms with Crippen molar-refractivity contribution in [2.75, 3.05) is 0 Å². The van der Waals surface area contributed by atoms with Gasteiger partial charge in [-0.3, -0.25) is 0 Å². The predicted octanol–water partition coefficient (Wildman–Crippen LogP) is 0.717. The van der Waals surface area contributed by atoms with Gasteiger partial charge in [0.25, 0.3) is 0 Å². The van der Waals surface area contributed by atoms with Crippen molar-refractivity contribution in [2.45, 2.75) is 31.6 Å². The third-order valence-electron chi connectivity index (χ3n) is 1.43. The second-order valence-electron chi connectivity index (χ2n) is 1.90. The number of hydrogen-bond acceptors (Lipinski definition) is 2. The first-order valence-electron chi connectivity index (χ1n) is 2.90. The van der Waals surface area contributed by atoms with E-state index in [4.69, 9.17) is 9.66 Å². The van der Waals surface area contributed by atoms with E-state index in [2.05, 4.69) is 0 Å². The summed E-state index contributed by atoms with van der Waals surface area (Å²) in [4.78, 5) is -1.39. The monoisotopic (exact) mass is 152 g/mol. The molecular weight excluding hydrogens is 140 g/mol. The summed E-state index contributed by atoms with van der Waals surface area (Å²) in [5, 5.41) is 9.16. The van der Waals surface area contributed by atoms with E-state index >= 15 is 0 Å². The summed E-state index contributed by atoms with van der Waals surface area (Å²) in [7, 11) is 0. The van der Waals surface area contributed by atoms with Crippen molar-refractivity contribution >= 4 is 11.1 Å². The molecule has 0 aromatic rings. The fourth-order valence-corrected chi connectivity index (χ4v) is 0.991. The molecule has 0 rings (SSSR count). The zero-order chi connectivity index (χ0) is 7.49. The first-order valence-corrected chi connectivity index (χ1v) is 4.01. The summed E-state index contributed by atoms with van der Waals surface area (Å²) in [5.41, 5.74) is 0. The van der Waals surface area contributed by atoms with Crippen LogP contribution >= 0.6 is 0 Å². The maximum Gasteiger partial charge on any atom is 0.185 e. The van der Waals surface area contributed by atoms with Crippen molar-refractivity contribution in [3.8, 4) is 0 Å². The van der Waals surface area contributed by atoms with Gasteiger partial charge in [-0.1, -0.05) is 13.8 Å². The van der Waals surface area contributed by atoms with Gasteiger partial charge in [0.2, 0.25) is 0 Å². The Bertz CT molecular complexity index is 109. The van der Waals surface area contributed by atoms with Gasteiger partial charge >= 0.3 is 0 Å². The van der Waals surface area contributed by atoms with Gasteiger partial charge in [-0.2, -0.15) is 0 Å². The second kappa shape index (κ2) is 3.29. The van der Waals surface area contributed by atoms with Gasteiger partial charge in [0, 0.05) is 0 Å². The molecule has 0 saturated carbocycles. The summed E-state index contributed by atoms with van der Waals surface area (Å²) < 4.78 is 18.8. The van der Waals surface area contributed by atoms with Crippen molar-refractivity contribution in [3.63, 3.8) is 0 Å². The first kappa shape index (κ1) is 9.07. The van der Waals surface area contributed by atoms with E-state index in [1.54, 1.807) is 13.8 Å². The molecule has 1 atom stereocenters. The van der Waals surface area contributed by atoms with Crippen LogP contribution in [-0.2, 0) is 11.1 Å². The molecule has 9 heavy (non-hydrogen) atoms. The fourth-order valence-electron chi connectivity index (χ4n) is 0.497. The molecule has 0 aliphatic rings. The topological polar surface area (TPSA) is 57.5 Å². The van der Waals surface area contributed by atoms with Crippen molar-refractivity contribution in [2.24, 2.45) is 0 Å². The summed E-state index contributed by atoms with van der Waals surface area (Å²) >= 11 is -2.11. The molecule has 0 fully saturated rings. The first-order chi connectivity index (χ1) is 4.06. The zero-order valence-corrected chi connectivity index (χ0v) is 6.44. The molecule has 0 aliphatic heterocycles. The highest BCUT2D eigenvalue weighted by molar-refractivity contribution is 7.80. The van der Waals surface area contributed by atoms with Gasteiger partial charge in [0.1, 0.15) is 0 Å². The normalized spacial score (nSPS) is 15.6. The van der Waals surface area contributed by atoms with Crippen LogP contribution in [0.2, 0.25) is 0 Å². The highest BCUT2D eigenvalue weighted by Gasteiger charge is 2.28. The standard InChI is InChI=1S/C5H12O3S/c1-3-5(6,4-2)9(7)8/h6H,3-4H2,1-2H3,(H,7,8). The minimum Gasteiger partial charge on any atom is -0.374 e. The fraction of sp³-hybridized carbons (Fsp3) is 1.00.